The lowest BCUT2D eigenvalue weighted by Crippen LogP contribution is -2.34. The van der Waals surface area contributed by atoms with Crippen LogP contribution in [0.2, 0.25) is 0 Å². The molecule has 0 saturated heterocycles. The van der Waals surface area contributed by atoms with E-state index in [1.54, 1.807) is 0 Å². The van der Waals surface area contributed by atoms with Gasteiger partial charge < -0.3 is 5.32 Å². The Morgan fingerprint density at radius 2 is 1.58 bits per heavy atom. The third-order valence-corrected chi connectivity index (χ3v) is 7.67. The van der Waals surface area contributed by atoms with Crippen LogP contribution < -0.4 is 5.32 Å². The zero-order valence-electron chi connectivity index (χ0n) is 21.3. The number of aryl methyl sites for hydroxylation is 1. The summed E-state index contributed by atoms with van der Waals surface area (Å²) in [5.41, 5.74) is 9.47. The highest BCUT2D eigenvalue weighted by Gasteiger charge is 2.43. The summed E-state index contributed by atoms with van der Waals surface area (Å²) in [6.07, 6.45) is 1.38. The molecule has 1 aliphatic heterocycles. The van der Waals surface area contributed by atoms with E-state index in [2.05, 4.69) is 92.3 Å². The highest BCUT2D eigenvalue weighted by atomic mass is 16.1. The molecule has 0 bridgehead atoms. The van der Waals surface area contributed by atoms with Gasteiger partial charge in [0.1, 0.15) is 5.82 Å². The van der Waals surface area contributed by atoms with Gasteiger partial charge in [0, 0.05) is 34.7 Å². The number of hydrogen-bond acceptors (Lipinski definition) is 3. The molecule has 1 N–H and O–H groups in total. The van der Waals surface area contributed by atoms with E-state index in [1.165, 1.54) is 11.1 Å². The summed E-state index contributed by atoms with van der Waals surface area (Å²) in [6, 6.07) is 27.1. The largest absolute Gasteiger partial charge is 0.343 e. The minimum absolute atomic E-state index is 0.0893. The number of Topliss-reactive ketones (excluding diaryl/α,β-unsaturated/α-hetero) is 1. The van der Waals surface area contributed by atoms with Crippen molar-refractivity contribution in [3.05, 3.63) is 112 Å². The molecule has 1 aromatic heterocycles. The van der Waals surface area contributed by atoms with Gasteiger partial charge in [0.15, 0.2) is 5.78 Å². The number of ketones is 1. The van der Waals surface area contributed by atoms with Gasteiger partial charge in [0.05, 0.1) is 11.4 Å². The van der Waals surface area contributed by atoms with Gasteiger partial charge >= 0.3 is 0 Å². The number of rotatable bonds is 3. The van der Waals surface area contributed by atoms with E-state index in [0.29, 0.717) is 6.42 Å². The predicted molar refractivity (Wildman–Crippen MR) is 145 cm³/mol. The van der Waals surface area contributed by atoms with E-state index < -0.39 is 0 Å². The Morgan fingerprint density at radius 1 is 0.889 bits per heavy atom. The van der Waals surface area contributed by atoms with Crippen molar-refractivity contribution >= 4 is 11.6 Å². The van der Waals surface area contributed by atoms with Gasteiger partial charge in [-0.15, -0.1) is 0 Å². The molecule has 4 heteroatoms. The second kappa shape index (κ2) is 8.34. The molecule has 4 aromatic rings. The van der Waals surface area contributed by atoms with Crippen LogP contribution in [-0.4, -0.2) is 15.6 Å². The van der Waals surface area contributed by atoms with Gasteiger partial charge in [0.25, 0.3) is 0 Å². The minimum atomic E-state index is -0.171. The van der Waals surface area contributed by atoms with Crippen LogP contribution >= 0.6 is 0 Å². The standard InChI is InChI=1S/C32H31N3O/c1-20-12-11-17-25(21(20)2)35-31-29(30(34-35)23-15-9-6-10-16-23)27(22-13-7-5-8-14-22)28-24(33-31)18-32(3,4)19-26(28)36/h5-17,27,33H,18-19H2,1-4H3. The molecule has 3 aromatic carbocycles. The van der Waals surface area contributed by atoms with Crippen molar-refractivity contribution in [1.82, 2.24) is 9.78 Å². The summed E-state index contributed by atoms with van der Waals surface area (Å²) in [7, 11) is 0. The van der Waals surface area contributed by atoms with Crippen LogP contribution in [0.15, 0.2) is 90.1 Å². The maximum absolute atomic E-state index is 13.7. The Labute approximate surface area is 212 Å². The van der Waals surface area contributed by atoms with Crippen LogP contribution in [0.4, 0.5) is 5.82 Å². The van der Waals surface area contributed by atoms with Gasteiger partial charge in [-0.2, -0.15) is 5.10 Å². The number of hydrogen-bond donors (Lipinski definition) is 1. The van der Waals surface area contributed by atoms with Crippen molar-refractivity contribution in [2.75, 3.05) is 5.32 Å². The smallest absolute Gasteiger partial charge is 0.162 e. The predicted octanol–water partition coefficient (Wildman–Crippen LogP) is 7.36. The van der Waals surface area contributed by atoms with Crippen molar-refractivity contribution < 1.29 is 4.79 Å². The van der Waals surface area contributed by atoms with Crippen LogP contribution in [0.1, 0.15) is 54.9 Å². The molecule has 2 aliphatic rings. The Kier molecular flexibility index (Phi) is 5.22. The molecule has 36 heavy (non-hydrogen) atoms. The van der Waals surface area contributed by atoms with E-state index >= 15 is 0 Å². The summed E-state index contributed by atoms with van der Waals surface area (Å²) in [5, 5.41) is 8.99. The van der Waals surface area contributed by atoms with E-state index in [4.69, 9.17) is 5.10 Å². The average molecular weight is 474 g/mol. The van der Waals surface area contributed by atoms with Crippen LogP contribution in [-0.2, 0) is 4.79 Å². The molecule has 0 saturated carbocycles. The molecule has 1 atom stereocenters. The molecule has 0 radical (unpaired) electrons. The second-order valence-electron chi connectivity index (χ2n) is 10.9. The van der Waals surface area contributed by atoms with E-state index in [9.17, 15) is 4.79 Å². The molecular formula is C32H31N3O. The van der Waals surface area contributed by atoms with Crippen molar-refractivity contribution in [1.29, 1.82) is 0 Å². The van der Waals surface area contributed by atoms with Crippen molar-refractivity contribution in [2.24, 2.45) is 5.41 Å². The first kappa shape index (κ1) is 22.5. The first-order valence-electron chi connectivity index (χ1n) is 12.7. The molecule has 1 aliphatic carbocycles. The zero-order chi connectivity index (χ0) is 25.0. The van der Waals surface area contributed by atoms with Crippen molar-refractivity contribution in [3.63, 3.8) is 0 Å². The van der Waals surface area contributed by atoms with Gasteiger partial charge in [-0.05, 0) is 48.4 Å². The lowest BCUT2D eigenvalue weighted by atomic mass is 9.69. The maximum atomic E-state index is 13.7. The molecule has 180 valence electrons. The third-order valence-electron chi connectivity index (χ3n) is 7.67. The normalized spacial score (nSPS) is 18.4. The maximum Gasteiger partial charge on any atom is 0.162 e. The third kappa shape index (κ3) is 3.60. The van der Waals surface area contributed by atoms with E-state index in [0.717, 1.165) is 51.6 Å². The molecule has 0 amide bonds. The number of fused-ring (bicyclic) bond motifs is 1. The topological polar surface area (TPSA) is 46.9 Å². The quantitative estimate of drug-likeness (QED) is 0.338. The van der Waals surface area contributed by atoms with Crippen LogP contribution in [0.3, 0.4) is 0 Å². The number of carbonyl (C=O) groups excluding carboxylic acids is 1. The number of allylic oxidation sites excluding steroid dienone is 2. The van der Waals surface area contributed by atoms with Crippen LogP contribution in [0, 0.1) is 19.3 Å². The molecule has 4 nitrogen and oxygen atoms in total. The Balaban J connectivity index is 1.69. The summed E-state index contributed by atoms with van der Waals surface area (Å²) in [5.74, 6) is 1.02. The number of nitrogens with zero attached hydrogens (tertiary/aromatic N) is 2. The Morgan fingerprint density at radius 3 is 2.31 bits per heavy atom. The van der Waals surface area contributed by atoms with Gasteiger partial charge in [-0.3, -0.25) is 4.79 Å². The van der Waals surface area contributed by atoms with Crippen molar-refractivity contribution in [3.8, 4) is 16.9 Å². The van der Waals surface area contributed by atoms with Gasteiger partial charge in [-0.25, -0.2) is 4.68 Å². The SMILES string of the molecule is Cc1cccc(-n2nc(-c3ccccc3)c3c2NC2=C(C(=O)CC(C)(C)C2)C3c2ccccc2)c1C. The molecule has 0 spiro atoms. The lowest BCUT2D eigenvalue weighted by molar-refractivity contribution is -0.118. The summed E-state index contributed by atoms with van der Waals surface area (Å²) in [6.45, 7) is 8.65. The fourth-order valence-corrected chi connectivity index (χ4v) is 5.82. The number of anilines is 1. The number of benzene rings is 3. The highest BCUT2D eigenvalue weighted by molar-refractivity contribution is 6.02. The Bertz CT molecular complexity index is 1510. The van der Waals surface area contributed by atoms with Gasteiger partial charge in [0.2, 0.25) is 0 Å². The first-order valence-corrected chi connectivity index (χ1v) is 12.7. The van der Waals surface area contributed by atoms with Crippen molar-refractivity contribution in [2.45, 2.75) is 46.5 Å². The van der Waals surface area contributed by atoms with E-state index in [1.807, 2.05) is 24.3 Å². The zero-order valence-corrected chi connectivity index (χ0v) is 21.3. The Hall–Kier alpha value is -3.92. The lowest BCUT2D eigenvalue weighted by Gasteiger charge is -2.39. The highest BCUT2D eigenvalue weighted by Crippen LogP contribution is 2.52. The molecule has 0 fully saturated rings. The number of nitrogens with one attached hydrogen (secondary N) is 1. The first-order chi connectivity index (χ1) is 17.3. The summed E-state index contributed by atoms with van der Waals surface area (Å²) in [4.78, 5) is 13.7. The second-order valence-corrected chi connectivity index (χ2v) is 10.9. The summed E-state index contributed by atoms with van der Waals surface area (Å²) >= 11 is 0. The summed E-state index contributed by atoms with van der Waals surface area (Å²) < 4.78 is 2.06. The number of carbonyl (C=O) groups is 1. The molecule has 1 unspecified atom stereocenters. The molecule has 6 rings (SSSR count). The van der Waals surface area contributed by atoms with E-state index in [-0.39, 0.29) is 17.1 Å². The fraction of sp³-hybridized carbons (Fsp3) is 0.250. The monoisotopic (exact) mass is 473 g/mol. The molecular weight excluding hydrogens is 442 g/mol. The fourth-order valence-electron chi connectivity index (χ4n) is 5.82. The van der Waals surface area contributed by atoms with Crippen LogP contribution in [0.5, 0.6) is 0 Å². The minimum Gasteiger partial charge on any atom is -0.343 e. The molecule has 2 heterocycles. The average Bonchev–Trinajstić information content (AvgIpc) is 3.23. The van der Waals surface area contributed by atoms with Gasteiger partial charge in [-0.1, -0.05) is 86.6 Å². The number of aromatic nitrogens is 2. The van der Waals surface area contributed by atoms with Crippen LogP contribution in [0.25, 0.3) is 16.9 Å².